The van der Waals surface area contributed by atoms with Crippen LogP contribution in [-0.2, 0) is 33.4 Å². The minimum Gasteiger partial charge on any atom is -0.460 e. The standard InChI is InChI=1S/C36H48N2O8/c1-23-14-13-17-27-20-28(39)21-30(34(27)42)38-32(40)22-29(45-4)18-11-6-5-7-12-19-31(24(2)33(23)41)46-36(44)25(3)37-35(43)26-15-9-8-10-16-26/h5-7,11-12,14,18,20-21,24-26,29,31,33,41H,8-10,13,15-17,19,22H2,1-4H3,(H,37,43)(H,38,40)/b6-5+,12-7?,18-11?,23-14?/t24-,25+,29-,31-,33-/m0/s1. The van der Waals surface area contributed by atoms with Gasteiger partial charge in [-0.25, -0.2) is 4.79 Å². The van der Waals surface area contributed by atoms with Gasteiger partial charge in [-0.05, 0) is 51.2 Å². The van der Waals surface area contributed by atoms with Crippen molar-refractivity contribution >= 4 is 29.4 Å². The van der Waals surface area contributed by atoms with Gasteiger partial charge in [0.15, 0.2) is 5.78 Å². The number of fused-ring (bicyclic) bond motifs is 2. The van der Waals surface area contributed by atoms with Gasteiger partial charge in [0.05, 0.1) is 24.3 Å². The third kappa shape index (κ3) is 11.2. The van der Waals surface area contributed by atoms with Gasteiger partial charge in [-0.3, -0.25) is 19.2 Å². The van der Waals surface area contributed by atoms with Crippen LogP contribution in [0.25, 0.3) is 0 Å². The van der Waals surface area contributed by atoms with Crippen molar-refractivity contribution in [3.63, 3.8) is 0 Å². The van der Waals surface area contributed by atoms with Crippen LogP contribution < -0.4 is 10.6 Å². The Balaban J connectivity index is 1.79. The summed E-state index contributed by atoms with van der Waals surface area (Å²) in [6.45, 7) is 5.16. The predicted octanol–water partition coefficient (Wildman–Crippen LogP) is 4.26. The Morgan fingerprint density at radius 1 is 1.04 bits per heavy atom. The second-order valence-electron chi connectivity index (χ2n) is 12.3. The molecule has 2 bridgehead atoms. The van der Waals surface area contributed by atoms with Gasteiger partial charge >= 0.3 is 5.97 Å². The zero-order valence-electron chi connectivity index (χ0n) is 27.3. The smallest absolute Gasteiger partial charge is 0.328 e. The molecule has 5 atom stereocenters. The van der Waals surface area contributed by atoms with Gasteiger partial charge in [0, 0.05) is 37.0 Å². The summed E-state index contributed by atoms with van der Waals surface area (Å²) in [5.41, 5.74) is 0.803. The van der Waals surface area contributed by atoms with E-state index in [-0.39, 0.29) is 35.9 Å². The number of ketones is 2. The Morgan fingerprint density at radius 2 is 1.76 bits per heavy atom. The number of nitrogens with one attached hydrogen (secondary N) is 2. The van der Waals surface area contributed by atoms with Crippen LogP contribution in [0.2, 0.25) is 0 Å². The van der Waals surface area contributed by atoms with Gasteiger partial charge in [0.2, 0.25) is 17.6 Å². The zero-order valence-corrected chi connectivity index (χ0v) is 27.3. The lowest BCUT2D eigenvalue weighted by atomic mass is 9.88. The molecule has 0 spiro atoms. The average Bonchev–Trinajstić information content (AvgIpc) is 3.04. The van der Waals surface area contributed by atoms with Crippen LogP contribution in [0.4, 0.5) is 0 Å². The van der Waals surface area contributed by atoms with E-state index in [0.717, 1.165) is 38.2 Å². The molecule has 2 amide bonds. The molecule has 0 aromatic carbocycles. The Labute approximate surface area is 271 Å². The first kappa shape index (κ1) is 36.6. The average molecular weight is 637 g/mol. The molecular weight excluding hydrogens is 588 g/mol. The quantitative estimate of drug-likeness (QED) is 0.230. The number of carbonyl (C=O) groups is 5. The highest BCUT2D eigenvalue weighted by atomic mass is 16.5. The van der Waals surface area contributed by atoms with Crippen molar-refractivity contribution in [1.82, 2.24) is 10.6 Å². The number of methoxy groups -OCH3 is 1. The van der Waals surface area contributed by atoms with E-state index >= 15 is 0 Å². The maximum Gasteiger partial charge on any atom is 0.328 e. The molecule has 250 valence electrons. The van der Waals surface area contributed by atoms with Crippen molar-refractivity contribution in [3.05, 3.63) is 71.5 Å². The molecule has 0 unspecified atom stereocenters. The number of ether oxygens (including phenoxy) is 2. The van der Waals surface area contributed by atoms with E-state index in [4.69, 9.17) is 9.47 Å². The van der Waals surface area contributed by atoms with Crippen LogP contribution in [0.3, 0.4) is 0 Å². The zero-order chi connectivity index (χ0) is 33.6. The molecule has 0 saturated heterocycles. The van der Waals surface area contributed by atoms with Crippen LogP contribution in [0.5, 0.6) is 0 Å². The summed E-state index contributed by atoms with van der Waals surface area (Å²) in [5.74, 6) is -2.59. The molecule has 0 radical (unpaired) electrons. The second-order valence-corrected chi connectivity index (χ2v) is 12.3. The number of allylic oxidation sites excluding steroid dienone is 8. The van der Waals surface area contributed by atoms with Gasteiger partial charge < -0.3 is 25.2 Å². The third-order valence-electron chi connectivity index (χ3n) is 8.65. The summed E-state index contributed by atoms with van der Waals surface area (Å²) in [7, 11) is 1.47. The van der Waals surface area contributed by atoms with Crippen LogP contribution in [-0.4, -0.2) is 65.9 Å². The van der Waals surface area contributed by atoms with Gasteiger partial charge in [-0.1, -0.05) is 68.7 Å². The Morgan fingerprint density at radius 3 is 2.48 bits per heavy atom. The van der Waals surface area contributed by atoms with Crippen molar-refractivity contribution in [2.75, 3.05) is 7.11 Å². The lowest BCUT2D eigenvalue weighted by molar-refractivity contribution is -0.156. The molecule has 3 N–H and O–H groups in total. The van der Waals surface area contributed by atoms with E-state index in [1.54, 1.807) is 57.2 Å². The third-order valence-corrected chi connectivity index (χ3v) is 8.65. The Bertz CT molecular complexity index is 1310. The number of Topliss-reactive ketones (excluding diaryl/α,β-unsaturated/α-hetero) is 1. The molecule has 0 aromatic rings. The number of rotatable bonds is 5. The summed E-state index contributed by atoms with van der Waals surface area (Å²) in [5, 5.41) is 16.6. The van der Waals surface area contributed by atoms with Gasteiger partial charge in [-0.2, -0.15) is 0 Å². The normalized spacial score (nSPS) is 27.2. The number of aliphatic hydroxyl groups is 1. The molecule has 1 saturated carbocycles. The molecular formula is C36H48N2O8. The molecule has 3 aliphatic rings. The minimum absolute atomic E-state index is 0.0567. The van der Waals surface area contributed by atoms with Crippen LogP contribution in [0, 0.1) is 11.8 Å². The SMILES string of the molecule is CO[C@H]1C=C/C=C/C=CC[C@H](OC(=O)[C@@H](C)NC(=O)C2CCCCC2)[C@H](C)[C@@H](O)C(C)=CCCC2=CC(=O)C=C(NC(=O)C1)C2=O. The van der Waals surface area contributed by atoms with E-state index < -0.39 is 53.7 Å². The van der Waals surface area contributed by atoms with Crippen molar-refractivity contribution < 1.29 is 38.6 Å². The highest BCUT2D eigenvalue weighted by Crippen LogP contribution is 2.25. The predicted molar refractivity (Wildman–Crippen MR) is 174 cm³/mol. The van der Waals surface area contributed by atoms with Crippen molar-refractivity contribution in [2.45, 2.75) is 103 Å². The van der Waals surface area contributed by atoms with E-state index in [1.165, 1.54) is 13.2 Å². The van der Waals surface area contributed by atoms with Crippen molar-refractivity contribution in [2.24, 2.45) is 11.8 Å². The molecule has 0 aromatic heterocycles. The summed E-state index contributed by atoms with van der Waals surface area (Å²) in [6.07, 6.45) is 18.1. The van der Waals surface area contributed by atoms with Gasteiger partial charge in [0.1, 0.15) is 12.1 Å². The number of amides is 2. The first-order valence-corrected chi connectivity index (χ1v) is 16.2. The number of aliphatic hydroxyl groups excluding tert-OH is 1. The van der Waals surface area contributed by atoms with Gasteiger partial charge in [0.25, 0.3) is 0 Å². The van der Waals surface area contributed by atoms with Crippen molar-refractivity contribution in [1.29, 1.82) is 0 Å². The van der Waals surface area contributed by atoms with Crippen molar-refractivity contribution in [3.8, 4) is 0 Å². The van der Waals surface area contributed by atoms with Crippen LogP contribution in [0.15, 0.2) is 71.5 Å². The number of esters is 1. The molecule has 1 heterocycles. The molecule has 2 aliphatic carbocycles. The Hall–Kier alpha value is -3.89. The fourth-order valence-electron chi connectivity index (χ4n) is 5.73. The topological polar surface area (TPSA) is 148 Å². The fraction of sp³-hybridized carbons (Fsp3) is 0.528. The fourth-order valence-corrected chi connectivity index (χ4v) is 5.73. The van der Waals surface area contributed by atoms with E-state index in [1.807, 2.05) is 6.08 Å². The van der Waals surface area contributed by atoms with Crippen LogP contribution >= 0.6 is 0 Å². The molecule has 1 aliphatic heterocycles. The summed E-state index contributed by atoms with van der Waals surface area (Å²) in [4.78, 5) is 63.8. The van der Waals surface area contributed by atoms with Crippen LogP contribution in [0.1, 0.15) is 78.6 Å². The minimum atomic E-state index is -0.968. The number of hydrogen-bond acceptors (Lipinski definition) is 8. The Kier molecular flexibility index (Phi) is 14.6. The lowest BCUT2D eigenvalue weighted by Gasteiger charge is -2.29. The lowest BCUT2D eigenvalue weighted by Crippen LogP contribution is -2.45. The highest BCUT2D eigenvalue weighted by Gasteiger charge is 2.31. The van der Waals surface area contributed by atoms with E-state index in [0.29, 0.717) is 18.4 Å². The largest absolute Gasteiger partial charge is 0.460 e. The maximum atomic E-state index is 13.1. The summed E-state index contributed by atoms with van der Waals surface area (Å²) >= 11 is 0. The second kappa shape index (κ2) is 18.3. The van der Waals surface area contributed by atoms with E-state index in [2.05, 4.69) is 10.6 Å². The molecule has 3 rings (SSSR count). The molecule has 10 heteroatoms. The summed E-state index contributed by atoms with van der Waals surface area (Å²) in [6, 6.07) is -0.840. The highest BCUT2D eigenvalue weighted by molar-refractivity contribution is 6.21. The first-order chi connectivity index (χ1) is 22.0. The molecule has 46 heavy (non-hydrogen) atoms. The monoisotopic (exact) mass is 636 g/mol. The van der Waals surface area contributed by atoms with E-state index in [9.17, 15) is 29.1 Å². The number of carbonyl (C=O) groups excluding carboxylic acids is 5. The molecule has 10 nitrogen and oxygen atoms in total. The summed E-state index contributed by atoms with van der Waals surface area (Å²) < 4.78 is 11.3. The molecule has 1 fully saturated rings. The van der Waals surface area contributed by atoms with Gasteiger partial charge in [-0.15, -0.1) is 0 Å². The maximum absolute atomic E-state index is 13.1. The first-order valence-electron chi connectivity index (χ1n) is 16.2. The number of hydrogen-bond donors (Lipinski definition) is 3.